The van der Waals surface area contributed by atoms with Crippen molar-refractivity contribution in [3.8, 4) is 5.75 Å². The molecule has 3 N–H and O–H groups in total. The van der Waals surface area contributed by atoms with Crippen LogP contribution in [0, 0.1) is 5.92 Å². The Morgan fingerprint density at radius 3 is 2.86 bits per heavy atom. The third-order valence-electron chi connectivity index (χ3n) is 4.81. The molecule has 21 heavy (non-hydrogen) atoms. The van der Waals surface area contributed by atoms with Crippen LogP contribution >= 0.6 is 0 Å². The Bertz CT molecular complexity index is 452. The van der Waals surface area contributed by atoms with Crippen molar-refractivity contribution >= 4 is 0 Å². The minimum absolute atomic E-state index is 0.109. The Labute approximate surface area is 128 Å². The van der Waals surface area contributed by atoms with E-state index in [1.165, 1.54) is 18.4 Å². The third kappa shape index (κ3) is 3.76. The Morgan fingerprint density at radius 1 is 1.43 bits per heavy atom. The molecule has 1 aliphatic carbocycles. The average molecular weight is 292 g/mol. The number of nitrogens with two attached hydrogens (primary N) is 1. The second-order valence-corrected chi connectivity index (χ2v) is 6.25. The van der Waals surface area contributed by atoms with Gasteiger partial charge in [0.2, 0.25) is 0 Å². The van der Waals surface area contributed by atoms with Crippen molar-refractivity contribution in [2.24, 2.45) is 11.8 Å². The highest BCUT2D eigenvalue weighted by atomic mass is 16.5. The molecule has 0 spiro atoms. The molecule has 2 rings (SSSR count). The summed E-state index contributed by atoms with van der Waals surface area (Å²) in [5.74, 6) is 7.43. The van der Waals surface area contributed by atoms with Gasteiger partial charge in [-0.1, -0.05) is 31.9 Å². The number of benzene rings is 1. The zero-order valence-electron chi connectivity index (χ0n) is 13.4. The van der Waals surface area contributed by atoms with Gasteiger partial charge in [0.1, 0.15) is 5.75 Å². The van der Waals surface area contributed by atoms with Crippen molar-refractivity contribution in [1.82, 2.24) is 5.43 Å². The summed E-state index contributed by atoms with van der Waals surface area (Å²) < 4.78 is 11.3. The molecular formula is C17H28N2O2. The van der Waals surface area contributed by atoms with Gasteiger partial charge in [0.05, 0.1) is 18.8 Å². The van der Waals surface area contributed by atoms with E-state index in [0.29, 0.717) is 5.92 Å². The second-order valence-electron chi connectivity index (χ2n) is 6.25. The molecule has 0 bridgehead atoms. The predicted octanol–water partition coefficient (Wildman–Crippen LogP) is 2.66. The number of methoxy groups -OCH3 is 2. The minimum Gasteiger partial charge on any atom is -0.497 e. The molecule has 4 nitrogen and oxygen atoms in total. The maximum atomic E-state index is 5.96. The van der Waals surface area contributed by atoms with Gasteiger partial charge < -0.3 is 9.47 Å². The van der Waals surface area contributed by atoms with Crippen LogP contribution in [-0.2, 0) is 11.2 Å². The van der Waals surface area contributed by atoms with Crippen molar-refractivity contribution in [3.63, 3.8) is 0 Å². The average Bonchev–Trinajstić information content (AvgIpc) is 2.52. The standard InChI is InChI=1S/C17H28N2O2/c1-13-6-5-9-17(12-13,21-3)16(19-18)11-14-7-4-8-15(10-14)20-2/h4,7-8,10,13,16,19H,5-6,9,11-12,18H2,1-3H3. The Morgan fingerprint density at radius 2 is 2.24 bits per heavy atom. The van der Waals surface area contributed by atoms with E-state index in [1.807, 2.05) is 19.2 Å². The van der Waals surface area contributed by atoms with Crippen LogP contribution < -0.4 is 16.0 Å². The molecule has 0 amide bonds. The van der Waals surface area contributed by atoms with E-state index in [2.05, 4.69) is 24.5 Å². The zero-order chi connectivity index (χ0) is 15.3. The fourth-order valence-electron chi connectivity index (χ4n) is 3.62. The quantitative estimate of drug-likeness (QED) is 0.625. The number of hydrazine groups is 1. The molecule has 0 radical (unpaired) electrons. The lowest BCUT2D eigenvalue weighted by molar-refractivity contribution is -0.0791. The van der Waals surface area contributed by atoms with Crippen molar-refractivity contribution < 1.29 is 9.47 Å². The molecule has 3 unspecified atom stereocenters. The molecule has 1 saturated carbocycles. The van der Waals surface area contributed by atoms with Crippen molar-refractivity contribution in [2.75, 3.05) is 14.2 Å². The SMILES string of the molecule is COc1cccc(CC(NN)C2(OC)CCCC(C)C2)c1. The van der Waals surface area contributed by atoms with Crippen LogP contribution in [0.15, 0.2) is 24.3 Å². The molecule has 1 aromatic carbocycles. The Kier molecular flexibility index (Phi) is 5.62. The minimum atomic E-state index is -0.171. The number of hydrogen-bond acceptors (Lipinski definition) is 4. The fourth-order valence-corrected chi connectivity index (χ4v) is 3.62. The first-order valence-electron chi connectivity index (χ1n) is 7.77. The molecule has 3 atom stereocenters. The highest BCUT2D eigenvalue weighted by Gasteiger charge is 2.41. The van der Waals surface area contributed by atoms with Crippen molar-refractivity contribution in [3.05, 3.63) is 29.8 Å². The molecule has 1 aliphatic rings. The topological polar surface area (TPSA) is 56.5 Å². The molecule has 118 valence electrons. The zero-order valence-corrected chi connectivity index (χ0v) is 13.4. The van der Waals surface area contributed by atoms with E-state index in [0.717, 1.165) is 25.0 Å². The van der Waals surface area contributed by atoms with E-state index in [4.69, 9.17) is 15.3 Å². The van der Waals surface area contributed by atoms with E-state index in [1.54, 1.807) is 7.11 Å². The summed E-state index contributed by atoms with van der Waals surface area (Å²) >= 11 is 0. The number of hydrogen-bond donors (Lipinski definition) is 2. The maximum Gasteiger partial charge on any atom is 0.119 e. The van der Waals surface area contributed by atoms with Gasteiger partial charge in [-0.25, -0.2) is 0 Å². The summed E-state index contributed by atoms with van der Waals surface area (Å²) in [6.45, 7) is 2.30. The molecule has 1 fully saturated rings. The summed E-state index contributed by atoms with van der Waals surface area (Å²) in [4.78, 5) is 0. The highest BCUT2D eigenvalue weighted by molar-refractivity contribution is 5.29. The maximum absolute atomic E-state index is 5.96. The lowest BCUT2D eigenvalue weighted by atomic mass is 9.73. The van der Waals surface area contributed by atoms with Gasteiger partial charge in [-0.2, -0.15) is 0 Å². The number of rotatable bonds is 6. The smallest absolute Gasteiger partial charge is 0.119 e. The van der Waals surface area contributed by atoms with Crippen molar-refractivity contribution in [2.45, 2.75) is 50.7 Å². The Balaban J connectivity index is 2.17. The van der Waals surface area contributed by atoms with Gasteiger partial charge in [-0.3, -0.25) is 11.3 Å². The number of nitrogens with one attached hydrogen (secondary N) is 1. The summed E-state index contributed by atoms with van der Waals surface area (Å²) in [6.07, 6.45) is 5.44. The van der Waals surface area contributed by atoms with Crippen LogP contribution in [0.5, 0.6) is 5.75 Å². The van der Waals surface area contributed by atoms with Crippen molar-refractivity contribution in [1.29, 1.82) is 0 Å². The van der Waals surface area contributed by atoms with Crippen LogP contribution in [-0.4, -0.2) is 25.9 Å². The van der Waals surface area contributed by atoms with Crippen LogP contribution in [0.1, 0.15) is 38.2 Å². The monoisotopic (exact) mass is 292 g/mol. The van der Waals surface area contributed by atoms with Gasteiger partial charge in [0, 0.05) is 7.11 Å². The molecule has 1 aromatic rings. The lowest BCUT2D eigenvalue weighted by Gasteiger charge is -2.44. The van der Waals surface area contributed by atoms with Crippen LogP contribution in [0.25, 0.3) is 0 Å². The first-order valence-corrected chi connectivity index (χ1v) is 7.77. The van der Waals surface area contributed by atoms with Gasteiger partial charge in [-0.05, 0) is 42.9 Å². The molecule has 0 heterocycles. The molecule has 0 aliphatic heterocycles. The molecular weight excluding hydrogens is 264 g/mol. The lowest BCUT2D eigenvalue weighted by Crippen LogP contribution is -2.57. The third-order valence-corrected chi connectivity index (χ3v) is 4.81. The summed E-state index contributed by atoms with van der Waals surface area (Å²) in [5, 5.41) is 0. The fraction of sp³-hybridized carbons (Fsp3) is 0.647. The summed E-state index contributed by atoms with van der Waals surface area (Å²) in [6, 6.07) is 8.27. The van der Waals surface area contributed by atoms with Crippen LogP contribution in [0.4, 0.5) is 0 Å². The molecule has 0 saturated heterocycles. The number of ether oxygens (including phenoxy) is 2. The Hall–Kier alpha value is -1.10. The van der Waals surface area contributed by atoms with E-state index < -0.39 is 0 Å². The van der Waals surface area contributed by atoms with Gasteiger partial charge in [-0.15, -0.1) is 0 Å². The van der Waals surface area contributed by atoms with E-state index in [9.17, 15) is 0 Å². The predicted molar refractivity (Wildman–Crippen MR) is 85.2 cm³/mol. The second kappa shape index (κ2) is 7.25. The normalized spacial score (nSPS) is 27.3. The van der Waals surface area contributed by atoms with Gasteiger partial charge >= 0.3 is 0 Å². The first-order chi connectivity index (χ1) is 10.1. The van der Waals surface area contributed by atoms with Gasteiger partial charge in [0.25, 0.3) is 0 Å². The molecule has 0 aromatic heterocycles. The van der Waals surface area contributed by atoms with E-state index in [-0.39, 0.29) is 11.6 Å². The van der Waals surface area contributed by atoms with Crippen LogP contribution in [0.3, 0.4) is 0 Å². The summed E-state index contributed by atoms with van der Waals surface area (Å²) in [7, 11) is 3.51. The first kappa shape index (κ1) is 16.3. The van der Waals surface area contributed by atoms with Crippen LogP contribution in [0.2, 0.25) is 0 Å². The molecule has 4 heteroatoms. The van der Waals surface area contributed by atoms with Gasteiger partial charge in [0.15, 0.2) is 0 Å². The highest BCUT2D eigenvalue weighted by Crippen LogP contribution is 2.38. The van der Waals surface area contributed by atoms with E-state index >= 15 is 0 Å². The summed E-state index contributed by atoms with van der Waals surface area (Å²) in [5.41, 5.74) is 4.05. The largest absolute Gasteiger partial charge is 0.497 e.